The van der Waals surface area contributed by atoms with Crippen molar-refractivity contribution in [2.45, 2.75) is 117 Å². The van der Waals surface area contributed by atoms with Crippen molar-refractivity contribution >= 4 is 35.1 Å². The average molecular weight is 420 g/mol. The molecule has 3 heterocycles. The van der Waals surface area contributed by atoms with E-state index in [1.807, 2.05) is 0 Å². The lowest BCUT2D eigenvalue weighted by Gasteiger charge is -2.32. The first-order valence-corrected chi connectivity index (χ1v) is 11.9. The van der Waals surface area contributed by atoms with Crippen LogP contribution in [0, 0.1) is 0 Å². The summed E-state index contributed by atoms with van der Waals surface area (Å²) in [6.45, 7) is 19.1. The van der Waals surface area contributed by atoms with Crippen molar-refractivity contribution in [3.05, 3.63) is 11.6 Å². The van der Waals surface area contributed by atoms with Crippen LogP contribution in [0.3, 0.4) is 0 Å². The lowest BCUT2D eigenvalue weighted by Crippen LogP contribution is -2.41. The van der Waals surface area contributed by atoms with Crippen LogP contribution in [0.1, 0.15) is 93.6 Å². The zero-order valence-corrected chi connectivity index (χ0v) is 20.6. The standard InChI is InChI=1S/C22H38B2O4S/c1-10-11-12-13-14-16-15-17(23-25-19(2,3)20(4,5)26-23)29-18(16)24-27-21(6,7)22(8,9)28-24/h15H,10-14H2,1-9H3. The third-order valence-corrected chi connectivity index (χ3v) is 8.33. The molecule has 0 saturated carbocycles. The Morgan fingerprint density at radius 1 is 0.724 bits per heavy atom. The summed E-state index contributed by atoms with van der Waals surface area (Å²) in [6, 6.07) is 2.26. The molecule has 0 aromatic carbocycles. The Morgan fingerprint density at radius 3 is 1.69 bits per heavy atom. The van der Waals surface area contributed by atoms with Crippen LogP contribution in [0.2, 0.25) is 0 Å². The lowest BCUT2D eigenvalue weighted by atomic mass is 9.81. The van der Waals surface area contributed by atoms with E-state index in [1.54, 1.807) is 11.3 Å². The molecule has 2 saturated heterocycles. The van der Waals surface area contributed by atoms with Crippen molar-refractivity contribution in [2.24, 2.45) is 0 Å². The smallest absolute Gasteiger partial charge is 0.399 e. The predicted molar refractivity (Wildman–Crippen MR) is 124 cm³/mol. The minimum absolute atomic E-state index is 0.331. The zero-order chi connectivity index (χ0) is 21.7. The highest BCUT2D eigenvalue weighted by atomic mass is 32.1. The molecular formula is C22H38B2O4S. The Hall–Kier alpha value is -0.330. The van der Waals surface area contributed by atoms with Gasteiger partial charge in [-0.15, -0.1) is 0 Å². The van der Waals surface area contributed by atoms with Crippen LogP contribution >= 0.6 is 11.3 Å². The molecule has 2 aliphatic rings. The maximum absolute atomic E-state index is 6.38. The van der Waals surface area contributed by atoms with Gasteiger partial charge in [0.2, 0.25) is 0 Å². The van der Waals surface area contributed by atoms with Crippen LogP contribution in [0.25, 0.3) is 0 Å². The highest BCUT2D eigenvalue weighted by molar-refractivity contribution is 7.30. The quantitative estimate of drug-likeness (QED) is 0.482. The van der Waals surface area contributed by atoms with Gasteiger partial charge < -0.3 is 18.6 Å². The molecule has 1 aromatic rings. The van der Waals surface area contributed by atoms with E-state index in [0.29, 0.717) is 0 Å². The van der Waals surface area contributed by atoms with Crippen LogP contribution in [0.5, 0.6) is 0 Å². The van der Waals surface area contributed by atoms with E-state index in [2.05, 4.69) is 68.4 Å². The third kappa shape index (κ3) is 4.50. The van der Waals surface area contributed by atoms with Crippen LogP contribution in [0.4, 0.5) is 0 Å². The summed E-state index contributed by atoms with van der Waals surface area (Å²) in [7, 11) is -0.669. The van der Waals surface area contributed by atoms with Gasteiger partial charge in [0, 0.05) is 9.55 Å². The molecule has 7 heteroatoms. The second-order valence-electron chi connectivity index (χ2n) is 10.5. The van der Waals surface area contributed by atoms with Gasteiger partial charge in [0.1, 0.15) is 0 Å². The first-order chi connectivity index (χ1) is 13.3. The van der Waals surface area contributed by atoms with Gasteiger partial charge in [-0.2, -0.15) is 11.3 Å². The molecule has 1 aromatic heterocycles. The van der Waals surface area contributed by atoms with E-state index >= 15 is 0 Å². The van der Waals surface area contributed by atoms with E-state index in [0.717, 1.165) is 11.2 Å². The Balaban J connectivity index is 1.87. The molecule has 2 aliphatic heterocycles. The van der Waals surface area contributed by atoms with Crippen LogP contribution < -0.4 is 9.55 Å². The second-order valence-corrected chi connectivity index (χ2v) is 11.6. The molecule has 0 amide bonds. The number of thiophene rings is 1. The van der Waals surface area contributed by atoms with E-state index in [-0.39, 0.29) is 36.6 Å². The Bertz CT molecular complexity index is 694. The zero-order valence-electron chi connectivity index (χ0n) is 19.8. The van der Waals surface area contributed by atoms with Crippen LogP contribution in [-0.2, 0) is 25.0 Å². The van der Waals surface area contributed by atoms with Gasteiger partial charge in [-0.1, -0.05) is 26.2 Å². The SMILES string of the molecule is CCCCCCc1cc(B2OC(C)(C)C(C)(C)O2)sc1B1OC(C)(C)C(C)(C)O1. The summed E-state index contributed by atoms with van der Waals surface area (Å²) in [4.78, 5) is 0. The summed E-state index contributed by atoms with van der Waals surface area (Å²) < 4.78 is 27.7. The first kappa shape index (κ1) is 23.3. The normalized spacial score (nSPS) is 24.4. The molecule has 0 unspecified atom stereocenters. The number of unbranched alkanes of at least 4 members (excludes halogenated alkanes) is 3. The van der Waals surface area contributed by atoms with Gasteiger partial charge in [-0.05, 0) is 79.9 Å². The summed E-state index contributed by atoms with van der Waals surface area (Å²) in [5.41, 5.74) is -0.0487. The molecular weight excluding hydrogens is 382 g/mol. The van der Waals surface area contributed by atoms with Crippen molar-refractivity contribution in [3.63, 3.8) is 0 Å². The average Bonchev–Trinajstić information content (AvgIpc) is 3.15. The van der Waals surface area contributed by atoms with Gasteiger partial charge in [0.25, 0.3) is 0 Å². The Labute approximate surface area is 182 Å². The molecule has 2 fully saturated rings. The molecule has 0 spiro atoms. The minimum Gasteiger partial charge on any atom is -0.399 e. The predicted octanol–water partition coefficient (Wildman–Crippen LogP) is 4.47. The maximum Gasteiger partial charge on any atom is 0.505 e. The summed E-state index contributed by atoms with van der Waals surface area (Å²) in [6.07, 6.45) is 5.99. The number of rotatable bonds is 7. The van der Waals surface area contributed by atoms with E-state index in [9.17, 15) is 0 Å². The fourth-order valence-electron chi connectivity index (χ4n) is 3.63. The van der Waals surface area contributed by atoms with Crippen LogP contribution in [0.15, 0.2) is 6.07 Å². The largest absolute Gasteiger partial charge is 0.505 e. The van der Waals surface area contributed by atoms with E-state index in [4.69, 9.17) is 18.6 Å². The number of aryl methyl sites for hydroxylation is 1. The molecule has 0 N–H and O–H groups in total. The molecule has 3 rings (SSSR count). The van der Waals surface area contributed by atoms with Crippen molar-refractivity contribution in [3.8, 4) is 0 Å². The molecule has 0 atom stereocenters. The van der Waals surface area contributed by atoms with Crippen molar-refractivity contribution in [2.75, 3.05) is 0 Å². The second kappa shape index (κ2) is 7.98. The van der Waals surface area contributed by atoms with Gasteiger partial charge in [-0.25, -0.2) is 0 Å². The number of hydrogen-bond donors (Lipinski definition) is 0. The molecule has 0 radical (unpaired) electrons. The molecule has 29 heavy (non-hydrogen) atoms. The topological polar surface area (TPSA) is 36.9 Å². The van der Waals surface area contributed by atoms with E-state index in [1.165, 1.54) is 36.0 Å². The monoisotopic (exact) mass is 420 g/mol. The van der Waals surface area contributed by atoms with Crippen LogP contribution in [-0.4, -0.2) is 36.6 Å². The number of hydrogen-bond acceptors (Lipinski definition) is 5. The first-order valence-electron chi connectivity index (χ1n) is 11.1. The Morgan fingerprint density at radius 2 is 1.21 bits per heavy atom. The summed E-state index contributed by atoms with van der Waals surface area (Å²) >= 11 is 1.72. The molecule has 0 aliphatic carbocycles. The fraction of sp³-hybridized carbons (Fsp3) is 0.818. The molecule has 162 valence electrons. The van der Waals surface area contributed by atoms with Gasteiger partial charge in [0.05, 0.1) is 22.4 Å². The minimum atomic E-state index is -0.342. The van der Waals surface area contributed by atoms with Gasteiger partial charge in [0.15, 0.2) is 0 Å². The van der Waals surface area contributed by atoms with Crippen molar-refractivity contribution in [1.82, 2.24) is 0 Å². The maximum atomic E-state index is 6.38. The highest BCUT2D eigenvalue weighted by Crippen LogP contribution is 2.39. The van der Waals surface area contributed by atoms with Gasteiger partial charge >= 0.3 is 14.2 Å². The van der Waals surface area contributed by atoms with Crippen molar-refractivity contribution in [1.29, 1.82) is 0 Å². The summed E-state index contributed by atoms with van der Waals surface area (Å²) in [5.74, 6) is 0. The molecule has 0 bridgehead atoms. The van der Waals surface area contributed by atoms with Gasteiger partial charge in [-0.3, -0.25) is 0 Å². The fourth-order valence-corrected chi connectivity index (χ4v) is 4.76. The lowest BCUT2D eigenvalue weighted by molar-refractivity contribution is 0.00578. The third-order valence-electron chi connectivity index (χ3n) is 7.11. The Kier molecular flexibility index (Phi) is 6.42. The highest BCUT2D eigenvalue weighted by Gasteiger charge is 2.55. The van der Waals surface area contributed by atoms with E-state index < -0.39 is 0 Å². The summed E-state index contributed by atoms with van der Waals surface area (Å²) in [5, 5.41) is 0. The molecule has 4 nitrogen and oxygen atoms in total. The van der Waals surface area contributed by atoms with Crippen molar-refractivity contribution < 1.29 is 18.6 Å².